The third-order valence-electron chi connectivity index (χ3n) is 5.41. The number of hydrogen-bond donors (Lipinski definition) is 0. The molecule has 0 aliphatic heterocycles. The maximum atomic E-state index is 2.52. The SMILES string of the molecule is CC(C)[P+](Cc1ccccc1)(C1=Cc2ccccc2C1)C(C)C. The summed E-state index contributed by atoms with van der Waals surface area (Å²) in [7, 11) is -1.23. The van der Waals surface area contributed by atoms with Gasteiger partial charge in [0.05, 0.1) is 30.1 Å². The first-order valence-electron chi connectivity index (χ1n) is 8.74. The summed E-state index contributed by atoms with van der Waals surface area (Å²) in [5.41, 5.74) is 5.91. The quantitative estimate of drug-likeness (QED) is 0.542. The van der Waals surface area contributed by atoms with Crippen molar-refractivity contribution in [2.45, 2.75) is 51.6 Å². The predicted molar refractivity (Wildman–Crippen MR) is 105 cm³/mol. The maximum Gasteiger partial charge on any atom is 0.0892 e. The molecule has 0 atom stereocenters. The smallest absolute Gasteiger partial charge is 0.0622 e. The minimum Gasteiger partial charge on any atom is -0.0622 e. The van der Waals surface area contributed by atoms with Gasteiger partial charge in [0.15, 0.2) is 0 Å². The van der Waals surface area contributed by atoms with E-state index in [1.54, 1.807) is 5.31 Å². The highest BCUT2D eigenvalue weighted by atomic mass is 31.2. The Morgan fingerprint density at radius 3 is 2.04 bits per heavy atom. The average Bonchev–Trinajstić information content (AvgIpc) is 2.97. The van der Waals surface area contributed by atoms with Gasteiger partial charge in [0.1, 0.15) is 0 Å². The second-order valence-corrected chi connectivity index (χ2v) is 12.1. The Bertz CT molecular complexity index is 687. The zero-order valence-electron chi connectivity index (χ0n) is 14.8. The molecule has 0 amide bonds. The highest BCUT2D eigenvalue weighted by Crippen LogP contribution is 2.76. The van der Waals surface area contributed by atoms with E-state index in [4.69, 9.17) is 0 Å². The topological polar surface area (TPSA) is 0 Å². The molecule has 2 aromatic rings. The molecule has 0 bridgehead atoms. The molecule has 1 aliphatic carbocycles. The largest absolute Gasteiger partial charge is 0.0892 e. The summed E-state index contributed by atoms with van der Waals surface area (Å²) < 4.78 is 0. The van der Waals surface area contributed by atoms with Gasteiger partial charge in [0.25, 0.3) is 0 Å². The Morgan fingerprint density at radius 1 is 0.826 bits per heavy atom. The molecule has 0 radical (unpaired) electrons. The summed E-state index contributed by atoms with van der Waals surface area (Å²) >= 11 is 0. The van der Waals surface area contributed by atoms with Crippen LogP contribution in [0.2, 0.25) is 0 Å². The van der Waals surface area contributed by atoms with E-state index in [1.807, 2.05) is 0 Å². The van der Waals surface area contributed by atoms with Gasteiger partial charge in [-0.05, 0) is 50.5 Å². The molecule has 1 heteroatoms. The summed E-state index contributed by atoms with van der Waals surface area (Å²) in [5, 5.41) is 1.73. The molecule has 0 aromatic heterocycles. The Hall–Kier alpha value is -1.39. The first-order valence-corrected chi connectivity index (χ1v) is 10.9. The van der Waals surface area contributed by atoms with Crippen molar-refractivity contribution >= 4 is 13.3 Å². The summed E-state index contributed by atoms with van der Waals surface area (Å²) in [6, 6.07) is 20.0. The number of hydrogen-bond acceptors (Lipinski definition) is 0. The lowest BCUT2D eigenvalue weighted by Crippen LogP contribution is -2.19. The maximum absolute atomic E-state index is 2.52. The van der Waals surface area contributed by atoms with Crippen LogP contribution in [0.15, 0.2) is 59.9 Å². The van der Waals surface area contributed by atoms with Gasteiger partial charge in [-0.2, -0.15) is 0 Å². The van der Waals surface area contributed by atoms with E-state index in [-0.39, 0.29) is 0 Å². The number of allylic oxidation sites excluding steroid dienone is 1. The minimum atomic E-state index is -1.23. The fourth-order valence-electron chi connectivity index (χ4n) is 4.14. The molecule has 3 rings (SSSR count). The zero-order valence-corrected chi connectivity index (χ0v) is 15.7. The molecule has 0 saturated carbocycles. The predicted octanol–water partition coefficient (Wildman–Crippen LogP) is 6.62. The molecule has 0 saturated heterocycles. The summed E-state index contributed by atoms with van der Waals surface area (Å²) in [5.74, 6) is 0. The zero-order chi connectivity index (χ0) is 16.4. The van der Waals surface area contributed by atoms with Crippen molar-refractivity contribution in [2.24, 2.45) is 0 Å². The van der Waals surface area contributed by atoms with Crippen molar-refractivity contribution < 1.29 is 0 Å². The van der Waals surface area contributed by atoms with Gasteiger partial charge < -0.3 is 0 Å². The van der Waals surface area contributed by atoms with Crippen LogP contribution in [0.4, 0.5) is 0 Å². The number of benzene rings is 2. The molecule has 2 aromatic carbocycles. The van der Waals surface area contributed by atoms with Crippen LogP contribution in [0, 0.1) is 0 Å². The summed E-state index contributed by atoms with van der Waals surface area (Å²) in [6.07, 6.45) is 4.92. The van der Waals surface area contributed by atoms with E-state index in [0.717, 1.165) is 17.7 Å². The van der Waals surface area contributed by atoms with E-state index in [9.17, 15) is 0 Å². The van der Waals surface area contributed by atoms with Gasteiger partial charge in [-0.1, -0.05) is 54.6 Å². The van der Waals surface area contributed by atoms with Crippen LogP contribution in [-0.2, 0) is 12.6 Å². The first kappa shape index (κ1) is 16.5. The molecular weight excluding hydrogens is 295 g/mol. The van der Waals surface area contributed by atoms with Crippen molar-refractivity contribution in [3.05, 3.63) is 76.6 Å². The van der Waals surface area contributed by atoms with Gasteiger partial charge >= 0.3 is 0 Å². The third-order valence-corrected chi connectivity index (χ3v) is 11.3. The van der Waals surface area contributed by atoms with Crippen LogP contribution in [0.1, 0.15) is 44.4 Å². The molecule has 0 nitrogen and oxygen atoms in total. The minimum absolute atomic E-state index is 0.725. The van der Waals surface area contributed by atoms with Crippen LogP contribution in [-0.4, -0.2) is 11.3 Å². The van der Waals surface area contributed by atoms with Crippen molar-refractivity contribution in [3.8, 4) is 0 Å². The van der Waals surface area contributed by atoms with E-state index in [0.29, 0.717) is 0 Å². The highest BCUT2D eigenvalue weighted by Gasteiger charge is 2.49. The first-order chi connectivity index (χ1) is 11.0. The average molecular weight is 323 g/mol. The van der Waals surface area contributed by atoms with E-state index in [1.165, 1.54) is 22.9 Å². The third kappa shape index (κ3) is 3.02. The Morgan fingerprint density at radius 2 is 1.43 bits per heavy atom. The molecule has 0 N–H and O–H groups in total. The van der Waals surface area contributed by atoms with Gasteiger partial charge in [-0.25, -0.2) is 0 Å². The van der Waals surface area contributed by atoms with Crippen LogP contribution in [0.5, 0.6) is 0 Å². The Kier molecular flexibility index (Phi) is 4.74. The summed E-state index contributed by atoms with van der Waals surface area (Å²) in [4.78, 5) is 0. The normalized spacial score (nSPS) is 14.3. The molecule has 0 unspecified atom stereocenters. The van der Waals surface area contributed by atoms with Gasteiger partial charge in [-0.3, -0.25) is 0 Å². The lowest BCUT2D eigenvalue weighted by molar-refractivity contribution is 0.964. The molecule has 1 aliphatic rings. The van der Waals surface area contributed by atoms with Crippen LogP contribution in [0.3, 0.4) is 0 Å². The second kappa shape index (κ2) is 6.62. The molecule has 0 heterocycles. The lowest BCUT2D eigenvalue weighted by atomic mass is 10.1. The van der Waals surface area contributed by atoms with Crippen LogP contribution >= 0.6 is 7.26 Å². The van der Waals surface area contributed by atoms with Gasteiger partial charge in [0.2, 0.25) is 0 Å². The van der Waals surface area contributed by atoms with Crippen molar-refractivity contribution in [3.63, 3.8) is 0 Å². The standard InChI is InChI=1S/C22H28P/c1-17(2)23(18(3)4,16-19-10-6-5-7-11-19)22-14-20-12-8-9-13-21(20)15-22/h5-14,17-18H,15-16H2,1-4H3/q+1. The molecule has 120 valence electrons. The van der Waals surface area contributed by atoms with Gasteiger partial charge in [0, 0.05) is 6.42 Å². The van der Waals surface area contributed by atoms with E-state index in [2.05, 4.69) is 88.4 Å². The van der Waals surface area contributed by atoms with Crippen LogP contribution < -0.4 is 0 Å². The molecule has 0 fully saturated rings. The van der Waals surface area contributed by atoms with Gasteiger partial charge in [-0.15, -0.1) is 0 Å². The molecule has 0 spiro atoms. The van der Waals surface area contributed by atoms with Crippen molar-refractivity contribution in [1.29, 1.82) is 0 Å². The monoisotopic (exact) mass is 323 g/mol. The Labute approximate surface area is 142 Å². The summed E-state index contributed by atoms with van der Waals surface area (Å²) in [6.45, 7) is 9.78. The number of fused-ring (bicyclic) bond motifs is 1. The van der Waals surface area contributed by atoms with Crippen molar-refractivity contribution in [1.82, 2.24) is 0 Å². The lowest BCUT2D eigenvalue weighted by Gasteiger charge is -2.36. The second-order valence-electron chi connectivity index (χ2n) is 7.27. The van der Waals surface area contributed by atoms with E-state index < -0.39 is 7.26 Å². The fraction of sp³-hybridized carbons (Fsp3) is 0.364. The number of rotatable bonds is 5. The Balaban J connectivity index is 2.03. The highest BCUT2D eigenvalue weighted by molar-refractivity contribution is 7.80. The van der Waals surface area contributed by atoms with E-state index >= 15 is 0 Å². The molecular formula is C22H28P+. The fourth-order valence-corrected chi connectivity index (χ4v) is 9.25. The van der Waals surface area contributed by atoms with Crippen LogP contribution in [0.25, 0.3) is 6.08 Å². The molecule has 23 heavy (non-hydrogen) atoms. The van der Waals surface area contributed by atoms with Crippen molar-refractivity contribution in [2.75, 3.05) is 0 Å².